The molecule has 0 aliphatic heterocycles. The van der Waals surface area contributed by atoms with Gasteiger partial charge >= 0.3 is 0 Å². The van der Waals surface area contributed by atoms with E-state index in [0.717, 1.165) is 5.56 Å². The lowest BCUT2D eigenvalue weighted by molar-refractivity contribution is -0.118. The van der Waals surface area contributed by atoms with Gasteiger partial charge in [-0.15, -0.1) is 0 Å². The van der Waals surface area contributed by atoms with Gasteiger partial charge < -0.3 is 10.1 Å². The maximum absolute atomic E-state index is 12.6. The summed E-state index contributed by atoms with van der Waals surface area (Å²) in [5.41, 5.74) is 1.36. The number of ether oxygens (including phenoxy) is 1. The molecule has 0 radical (unpaired) electrons. The molecule has 0 spiro atoms. The summed E-state index contributed by atoms with van der Waals surface area (Å²) in [5, 5.41) is 3.08. The van der Waals surface area contributed by atoms with Crippen molar-refractivity contribution in [1.82, 2.24) is 4.72 Å². The Morgan fingerprint density at radius 3 is 2.27 bits per heavy atom. The van der Waals surface area contributed by atoms with Crippen molar-refractivity contribution < 1.29 is 17.9 Å². The lowest BCUT2D eigenvalue weighted by Crippen LogP contribution is -2.26. The topological polar surface area (TPSA) is 84.5 Å². The van der Waals surface area contributed by atoms with Crippen LogP contribution in [0.5, 0.6) is 5.75 Å². The van der Waals surface area contributed by atoms with E-state index in [2.05, 4.69) is 10.0 Å². The average Bonchev–Trinajstić information content (AvgIpc) is 2.74. The zero-order valence-electron chi connectivity index (χ0n) is 16.2. The van der Waals surface area contributed by atoms with Crippen molar-refractivity contribution in [2.75, 3.05) is 11.9 Å². The Balaban J connectivity index is 1.57. The number of hydrogen-bond acceptors (Lipinski definition) is 4. The first kappa shape index (κ1) is 21.8. The van der Waals surface area contributed by atoms with E-state index in [-0.39, 0.29) is 23.5 Å². The van der Waals surface area contributed by atoms with Crippen LogP contribution in [0.2, 0.25) is 5.02 Å². The Kier molecular flexibility index (Phi) is 7.10. The van der Waals surface area contributed by atoms with E-state index in [0.29, 0.717) is 16.5 Å². The van der Waals surface area contributed by atoms with Gasteiger partial charge in [0.25, 0.3) is 5.91 Å². The molecule has 30 heavy (non-hydrogen) atoms. The summed E-state index contributed by atoms with van der Waals surface area (Å²) in [4.78, 5) is 12.1. The summed E-state index contributed by atoms with van der Waals surface area (Å²) in [6.45, 7) is 1.54. The first-order chi connectivity index (χ1) is 14.3. The van der Waals surface area contributed by atoms with Crippen molar-refractivity contribution in [3.63, 3.8) is 0 Å². The van der Waals surface area contributed by atoms with Crippen LogP contribution in [0.25, 0.3) is 0 Å². The van der Waals surface area contributed by atoms with Crippen LogP contribution in [0.4, 0.5) is 5.69 Å². The molecule has 0 saturated heterocycles. The highest BCUT2D eigenvalue weighted by Gasteiger charge is 2.18. The van der Waals surface area contributed by atoms with Gasteiger partial charge in [-0.25, -0.2) is 13.1 Å². The molecule has 0 aromatic heterocycles. The van der Waals surface area contributed by atoms with Crippen molar-refractivity contribution in [3.05, 3.63) is 89.4 Å². The van der Waals surface area contributed by atoms with Gasteiger partial charge in [0.1, 0.15) is 5.75 Å². The van der Waals surface area contributed by atoms with Crippen molar-refractivity contribution in [2.45, 2.75) is 17.9 Å². The highest BCUT2D eigenvalue weighted by Crippen LogP contribution is 2.21. The fraction of sp³-hybridized carbons (Fsp3) is 0.136. The van der Waals surface area contributed by atoms with Gasteiger partial charge in [-0.1, -0.05) is 54.1 Å². The van der Waals surface area contributed by atoms with Crippen LogP contribution in [-0.2, 0) is 14.8 Å². The number of hydrogen-bond donors (Lipinski definition) is 2. The molecule has 1 atom stereocenters. The van der Waals surface area contributed by atoms with Crippen LogP contribution in [0.3, 0.4) is 0 Å². The Morgan fingerprint density at radius 1 is 0.967 bits per heavy atom. The summed E-state index contributed by atoms with van der Waals surface area (Å²) in [6.07, 6.45) is 0. The van der Waals surface area contributed by atoms with Gasteiger partial charge in [-0.3, -0.25) is 4.79 Å². The lowest BCUT2D eigenvalue weighted by atomic mass is 10.1. The molecular weight excluding hydrogens is 424 g/mol. The number of para-hydroxylation sites is 1. The monoisotopic (exact) mass is 444 g/mol. The minimum absolute atomic E-state index is 0.109. The second kappa shape index (κ2) is 9.75. The van der Waals surface area contributed by atoms with E-state index in [1.165, 1.54) is 24.3 Å². The maximum Gasteiger partial charge on any atom is 0.262 e. The number of sulfonamides is 1. The molecule has 0 aliphatic carbocycles. The predicted molar refractivity (Wildman–Crippen MR) is 117 cm³/mol. The smallest absolute Gasteiger partial charge is 0.262 e. The number of benzene rings is 3. The van der Waals surface area contributed by atoms with Crippen LogP contribution in [0.15, 0.2) is 83.8 Å². The van der Waals surface area contributed by atoms with E-state index in [1.807, 2.05) is 30.3 Å². The molecule has 0 unspecified atom stereocenters. The molecular formula is C22H21ClN2O4S. The summed E-state index contributed by atoms with van der Waals surface area (Å²) in [5.74, 6) is -0.00230. The van der Waals surface area contributed by atoms with Gasteiger partial charge in [0.2, 0.25) is 10.0 Å². The molecule has 0 fully saturated rings. The number of amides is 1. The number of halogens is 1. The molecule has 0 heterocycles. The molecule has 6 nitrogen and oxygen atoms in total. The van der Waals surface area contributed by atoms with Crippen LogP contribution in [-0.4, -0.2) is 20.9 Å². The summed E-state index contributed by atoms with van der Waals surface area (Å²) in [7, 11) is -3.70. The van der Waals surface area contributed by atoms with E-state index in [9.17, 15) is 13.2 Å². The maximum atomic E-state index is 12.6. The highest BCUT2D eigenvalue weighted by molar-refractivity contribution is 7.89. The van der Waals surface area contributed by atoms with Crippen molar-refractivity contribution >= 4 is 33.2 Å². The highest BCUT2D eigenvalue weighted by atomic mass is 35.5. The number of rotatable bonds is 8. The van der Waals surface area contributed by atoms with Crippen molar-refractivity contribution in [1.29, 1.82) is 0 Å². The largest absolute Gasteiger partial charge is 0.484 e. The lowest BCUT2D eigenvalue weighted by Gasteiger charge is -2.15. The van der Waals surface area contributed by atoms with Crippen LogP contribution in [0, 0.1) is 0 Å². The van der Waals surface area contributed by atoms with Crippen molar-refractivity contribution in [2.24, 2.45) is 0 Å². The third kappa shape index (κ3) is 5.82. The van der Waals surface area contributed by atoms with E-state index >= 15 is 0 Å². The number of anilines is 1. The SMILES string of the molecule is C[C@H](NS(=O)(=O)c1ccc(OCC(=O)Nc2ccccc2Cl)cc1)c1ccccc1. The van der Waals surface area contributed by atoms with E-state index < -0.39 is 10.0 Å². The minimum Gasteiger partial charge on any atom is -0.484 e. The second-order valence-electron chi connectivity index (χ2n) is 6.54. The Morgan fingerprint density at radius 2 is 1.60 bits per heavy atom. The molecule has 156 valence electrons. The molecule has 0 saturated carbocycles. The molecule has 3 aromatic rings. The minimum atomic E-state index is -3.70. The molecule has 0 bridgehead atoms. The number of carbonyl (C=O) groups excluding carboxylic acids is 1. The fourth-order valence-electron chi connectivity index (χ4n) is 2.72. The third-order valence-electron chi connectivity index (χ3n) is 4.28. The van der Waals surface area contributed by atoms with Crippen LogP contribution >= 0.6 is 11.6 Å². The van der Waals surface area contributed by atoms with E-state index in [4.69, 9.17) is 16.3 Å². The third-order valence-corrected chi connectivity index (χ3v) is 6.17. The first-order valence-electron chi connectivity index (χ1n) is 9.20. The Bertz CT molecular complexity index is 1100. The normalized spacial score (nSPS) is 12.2. The molecule has 3 rings (SSSR count). The van der Waals surface area contributed by atoms with Gasteiger partial charge in [0.15, 0.2) is 6.61 Å². The summed E-state index contributed by atoms with van der Waals surface area (Å²) < 4.78 is 33.3. The summed E-state index contributed by atoms with van der Waals surface area (Å²) >= 11 is 6.00. The Labute approximate surface area is 180 Å². The van der Waals surface area contributed by atoms with E-state index in [1.54, 1.807) is 31.2 Å². The van der Waals surface area contributed by atoms with Gasteiger partial charge in [-0.2, -0.15) is 0 Å². The molecule has 1 amide bonds. The average molecular weight is 445 g/mol. The molecule has 2 N–H and O–H groups in total. The number of nitrogens with one attached hydrogen (secondary N) is 2. The summed E-state index contributed by atoms with van der Waals surface area (Å²) in [6, 6.07) is 21.7. The van der Waals surface area contributed by atoms with Gasteiger partial charge in [0, 0.05) is 6.04 Å². The number of carbonyl (C=O) groups is 1. The second-order valence-corrected chi connectivity index (χ2v) is 8.66. The quantitative estimate of drug-likeness (QED) is 0.539. The first-order valence-corrected chi connectivity index (χ1v) is 11.1. The zero-order valence-corrected chi connectivity index (χ0v) is 17.8. The molecule has 8 heteroatoms. The van der Waals surface area contributed by atoms with Gasteiger partial charge in [0.05, 0.1) is 15.6 Å². The fourth-order valence-corrected chi connectivity index (χ4v) is 4.14. The zero-order chi connectivity index (χ0) is 21.6. The van der Waals surface area contributed by atoms with Crippen LogP contribution in [0.1, 0.15) is 18.5 Å². The predicted octanol–water partition coefficient (Wildman–Crippen LogP) is 4.40. The standard InChI is InChI=1S/C22H21ClN2O4S/c1-16(17-7-3-2-4-8-17)25-30(27,28)19-13-11-18(12-14-19)29-15-22(26)24-21-10-6-5-9-20(21)23/h2-14,16,25H,15H2,1H3,(H,24,26)/t16-/m0/s1. The van der Waals surface area contributed by atoms with Gasteiger partial charge in [-0.05, 0) is 48.9 Å². The van der Waals surface area contributed by atoms with Crippen LogP contribution < -0.4 is 14.8 Å². The van der Waals surface area contributed by atoms with Crippen molar-refractivity contribution in [3.8, 4) is 5.75 Å². The molecule has 0 aliphatic rings. The molecule has 3 aromatic carbocycles. The Hall–Kier alpha value is -2.87.